The number of carbonyl (C=O) groups is 2. The molecule has 4 heteroatoms. The van der Waals surface area contributed by atoms with Gasteiger partial charge in [0.15, 0.2) is 0 Å². The van der Waals surface area contributed by atoms with E-state index in [-0.39, 0.29) is 11.9 Å². The summed E-state index contributed by atoms with van der Waals surface area (Å²) in [7, 11) is 0. The van der Waals surface area contributed by atoms with Crippen LogP contribution in [-0.2, 0) is 19.1 Å². The summed E-state index contributed by atoms with van der Waals surface area (Å²) < 4.78 is 10.9. The molecule has 1 saturated carbocycles. The van der Waals surface area contributed by atoms with E-state index in [1.807, 2.05) is 0 Å². The van der Waals surface area contributed by atoms with E-state index in [2.05, 4.69) is 27.7 Å². The Morgan fingerprint density at radius 2 is 1.04 bits per heavy atom. The maximum atomic E-state index is 11.8. The van der Waals surface area contributed by atoms with Gasteiger partial charge >= 0.3 is 11.9 Å². The van der Waals surface area contributed by atoms with Gasteiger partial charge in [-0.1, -0.05) is 53.4 Å². The Labute approximate surface area is 173 Å². The number of ether oxygens (including phenoxy) is 2. The third-order valence-corrected chi connectivity index (χ3v) is 5.75. The van der Waals surface area contributed by atoms with E-state index >= 15 is 0 Å². The van der Waals surface area contributed by atoms with Crippen molar-refractivity contribution in [2.24, 2.45) is 23.7 Å². The van der Waals surface area contributed by atoms with Gasteiger partial charge in [0.05, 0.1) is 13.2 Å². The molecule has 28 heavy (non-hydrogen) atoms. The van der Waals surface area contributed by atoms with Crippen molar-refractivity contribution in [2.75, 3.05) is 13.2 Å². The van der Waals surface area contributed by atoms with E-state index in [1.54, 1.807) is 0 Å². The minimum Gasteiger partial charge on any atom is -0.465 e. The maximum absolute atomic E-state index is 11.8. The second kappa shape index (κ2) is 14.9. The molecule has 0 amide bonds. The predicted octanol–water partition coefficient (Wildman–Crippen LogP) is 6.31. The van der Waals surface area contributed by atoms with Crippen molar-refractivity contribution in [1.82, 2.24) is 0 Å². The van der Waals surface area contributed by atoms with Crippen LogP contribution in [0.4, 0.5) is 0 Å². The van der Waals surface area contributed by atoms with E-state index in [4.69, 9.17) is 9.47 Å². The van der Waals surface area contributed by atoms with Crippen LogP contribution in [0.15, 0.2) is 0 Å². The summed E-state index contributed by atoms with van der Waals surface area (Å²) in [6.07, 6.45) is 11.8. The minimum absolute atomic E-state index is 0.0442. The van der Waals surface area contributed by atoms with Gasteiger partial charge in [0.1, 0.15) is 0 Å². The van der Waals surface area contributed by atoms with Crippen LogP contribution in [0.25, 0.3) is 0 Å². The lowest BCUT2D eigenvalue weighted by Gasteiger charge is -2.27. The highest BCUT2D eigenvalue weighted by molar-refractivity contribution is 5.69. The molecule has 0 heterocycles. The summed E-state index contributed by atoms with van der Waals surface area (Å²) in [5, 5.41) is 0. The molecule has 0 radical (unpaired) electrons. The summed E-state index contributed by atoms with van der Waals surface area (Å²) in [6, 6.07) is 0. The maximum Gasteiger partial charge on any atom is 0.305 e. The molecule has 0 atom stereocenters. The molecule has 1 aliphatic carbocycles. The molecule has 0 unspecified atom stereocenters. The van der Waals surface area contributed by atoms with Crippen molar-refractivity contribution in [3.05, 3.63) is 0 Å². The molecular formula is C24H44O4. The molecule has 0 aromatic carbocycles. The van der Waals surface area contributed by atoms with Crippen LogP contribution in [0.1, 0.15) is 105 Å². The zero-order chi connectivity index (χ0) is 20.8. The van der Waals surface area contributed by atoms with Gasteiger partial charge in [-0.25, -0.2) is 0 Å². The molecule has 0 aromatic heterocycles. The van der Waals surface area contributed by atoms with Gasteiger partial charge in [-0.15, -0.1) is 0 Å². The normalized spacial score (nSPS) is 19.8. The van der Waals surface area contributed by atoms with Gasteiger partial charge in [-0.3, -0.25) is 9.59 Å². The zero-order valence-corrected chi connectivity index (χ0v) is 18.8. The second-order valence-corrected chi connectivity index (χ2v) is 9.53. The Balaban J connectivity index is 2.02. The quantitative estimate of drug-likeness (QED) is 0.255. The first-order valence-electron chi connectivity index (χ1n) is 11.7. The van der Waals surface area contributed by atoms with Gasteiger partial charge in [0, 0.05) is 12.8 Å². The lowest BCUT2D eigenvalue weighted by atomic mass is 9.83. The molecule has 164 valence electrons. The van der Waals surface area contributed by atoms with E-state index < -0.39 is 0 Å². The molecule has 4 nitrogen and oxygen atoms in total. The summed E-state index contributed by atoms with van der Waals surface area (Å²) in [5.41, 5.74) is 0. The number of carbonyl (C=O) groups excluding carboxylic acids is 2. The molecule has 1 aliphatic rings. The monoisotopic (exact) mass is 396 g/mol. The van der Waals surface area contributed by atoms with E-state index in [0.29, 0.717) is 49.7 Å². The molecule has 0 N–H and O–H groups in total. The molecule has 0 aromatic rings. The van der Waals surface area contributed by atoms with Gasteiger partial charge in [0.2, 0.25) is 0 Å². The lowest BCUT2D eigenvalue weighted by Crippen LogP contribution is -2.23. The van der Waals surface area contributed by atoms with Crippen molar-refractivity contribution < 1.29 is 19.1 Å². The average molecular weight is 397 g/mol. The van der Waals surface area contributed by atoms with Crippen molar-refractivity contribution >= 4 is 11.9 Å². The highest BCUT2D eigenvalue weighted by Crippen LogP contribution is 2.29. The van der Waals surface area contributed by atoms with Crippen LogP contribution in [0.3, 0.4) is 0 Å². The SMILES string of the molecule is CC(C)CCCCC(=O)OCC1CCC(COC(=O)CCCCC(C)C)CC1. The van der Waals surface area contributed by atoms with Crippen LogP contribution in [-0.4, -0.2) is 25.2 Å². The number of hydrogen-bond acceptors (Lipinski definition) is 4. The molecule has 1 fully saturated rings. The van der Waals surface area contributed by atoms with Crippen molar-refractivity contribution in [1.29, 1.82) is 0 Å². The first-order valence-corrected chi connectivity index (χ1v) is 11.7. The standard InChI is InChI=1S/C24H44O4/c1-19(2)9-5-7-11-23(25)27-17-21-13-15-22(16-14-21)18-28-24(26)12-8-6-10-20(3)4/h19-22H,5-18H2,1-4H3. The van der Waals surface area contributed by atoms with Crippen molar-refractivity contribution in [2.45, 2.75) is 105 Å². The fourth-order valence-electron chi connectivity index (χ4n) is 3.77. The Bertz CT molecular complexity index is 382. The molecule has 1 rings (SSSR count). The van der Waals surface area contributed by atoms with Gasteiger partial charge in [-0.2, -0.15) is 0 Å². The topological polar surface area (TPSA) is 52.6 Å². The molecule has 0 bridgehead atoms. The van der Waals surface area contributed by atoms with Crippen molar-refractivity contribution in [3.63, 3.8) is 0 Å². The largest absolute Gasteiger partial charge is 0.465 e. The highest BCUT2D eigenvalue weighted by atomic mass is 16.5. The first-order chi connectivity index (χ1) is 13.4. The lowest BCUT2D eigenvalue weighted by molar-refractivity contribution is -0.147. The number of hydrogen-bond donors (Lipinski definition) is 0. The van der Waals surface area contributed by atoms with E-state index in [0.717, 1.165) is 51.4 Å². The summed E-state index contributed by atoms with van der Waals surface area (Å²) in [6.45, 7) is 9.97. The van der Waals surface area contributed by atoms with Crippen molar-refractivity contribution in [3.8, 4) is 0 Å². The van der Waals surface area contributed by atoms with E-state index in [9.17, 15) is 9.59 Å². The summed E-state index contributed by atoms with van der Waals surface area (Å²) >= 11 is 0. The van der Waals surface area contributed by atoms with Crippen LogP contribution in [0.5, 0.6) is 0 Å². The Morgan fingerprint density at radius 3 is 1.36 bits per heavy atom. The molecule has 0 aliphatic heterocycles. The third kappa shape index (κ3) is 13.2. The van der Waals surface area contributed by atoms with Crippen LogP contribution < -0.4 is 0 Å². The first kappa shape index (κ1) is 25.0. The van der Waals surface area contributed by atoms with E-state index in [1.165, 1.54) is 12.8 Å². The smallest absolute Gasteiger partial charge is 0.305 e. The Kier molecular flexibility index (Phi) is 13.3. The van der Waals surface area contributed by atoms with Crippen LogP contribution in [0, 0.1) is 23.7 Å². The third-order valence-electron chi connectivity index (χ3n) is 5.75. The minimum atomic E-state index is -0.0442. The number of rotatable bonds is 14. The Morgan fingerprint density at radius 1 is 0.679 bits per heavy atom. The Hall–Kier alpha value is -1.06. The molecule has 0 spiro atoms. The van der Waals surface area contributed by atoms with Crippen LogP contribution in [0.2, 0.25) is 0 Å². The number of esters is 2. The zero-order valence-electron chi connectivity index (χ0n) is 18.8. The van der Waals surface area contributed by atoms with Gasteiger partial charge in [0.25, 0.3) is 0 Å². The summed E-state index contributed by atoms with van der Waals surface area (Å²) in [5.74, 6) is 2.27. The molecular weight excluding hydrogens is 352 g/mol. The average Bonchev–Trinajstić information content (AvgIpc) is 2.66. The second-order valence-electron chi connectivity index (χ2n) is 9.53. The fourth-order valence-corrected chi connectivity index (χ4v) is 3.77. The van der Waals surface area contributed by atoms with Crippen LogP contribution >= 0.6 is 0 Å². The molecule has 0 saturated heterocycles. The van der Waals surface area contributed by atoms with Gasteiger partial charge < -0.3 is 9.47 Å². The van der Waals surface area contributed by atoms with Gasteiger partial charge in [-0.05, 0) is 62.2 Å². The highest BCUT2D eigenvalue weighted by Gasteiger charge is 2.23. The predicted molar refractivity (Wildman–Crippen MR) is 114 cm³/mol. The summed E-state index contributed by atoms with van der Waals surface area (Å²) in [4.78, 5) is 23.7. The number of unbranched alkanes of at least 4 members (excludes halogenated alkanes) is 2. The fraction of sp³-hybridized carbons (Fsp3) is 0.917.